The lowest BCUT2D eigenvalue weighted by atomic mass is 10.2. The second kappa shape index (κ2) is 8.82. The average molecular weight is 376 g/mol. The van der Waals surface area contributed by atoms with Gasteiger partial charge in [0.05, 0.1) is 22.8 Å². The number of sulfonamides is 1. The van der Waals surface area contributed by atoms with Crippen molar-refractivity contribution in [1.29, 1.82) is 0 Å². The van der Waals surface area contributed by atoms with Crippen molar-refractivity contribution in [2.24, 2.45) is 0 Å². The van der Waals surface area contributed by atoms with Gasteiger partial charge in [0.25, 0.3) is 10.0 Å². The number of hydrogen-bond acceptors (Lipinski definition) is 5. The van der Waals surface area contributed by atoms with Crippen molar-refractivity contribution in [3.8, 4) is 0 Å². The van der Waals surface area contributed by atoms with E-state index in [1.54, 1.807) is 31.2 Å². The second-order valence-electron chi connectivity index (χ2n) is 5.96. The first-order valence-electron chi connectivity index (χ1n) is 8.36. The number of ether oxygens (including phenoxy) is 1. The molecule has 0 heterocycles. The molecule has 2 aromatic carbocycles. The van der Waals surface area contributed by atoms with Crippen LogP contribution in [0.4, 0.5) is 5.69 Å². The summed E-state index contributed by atoms with van der Waals surface area (Å²) < 4.78 is 32.6. The smallest absolute Gasteiger partial charge is 0.338 e. The summed E-state index contributed by atoms with van der Waals surface area (Å²) in [7, 11) is 0.0356. The van der Waals surface area contributed by atoms with Crippen LogP contribution in [0.2, 0.25) is 0 Å². The summed E-state index contributed by atoms with van der Waals surface area (Å²) in [5.41, 5.74) is 0.925. The largest absolute Gasteiger partial charge is 0.462 e. The second-order valence-corrected chi connectivity index (χ2v) is 7.82. The number of carbonyl (C=O) groups excluding carboxylic acids is 1. The first-order valence-corrected chi connectivity index (χ1v) is 9.80. The van der Waals surface area contributed by atoms with Gasteiger partial charge < -0.3 is 9.64 Å². The molecule has 0 aliphatic carbocycles. The molecule has 0 spiro atoms. The lowest BCUT2D eigenvalue weighted by molar-refractivity contribution is 0.0526. The van der Waals surface area contributed by atoms with Crippen molar-refractivity contribution in [1.82, 2.24) is 4.90 Å². The third-order valence-electron chi connectivity index (χ3n) is 3.75. The first kappa shape index (κ1) is 19.9. The molecular formula is C19H24N2O4S. The Morgan fingerprint density at radius 1 is 0.962 bits per heavy atom. The molecule has 0 bridgehead atoms. The molecule has 6 nitrogen and oxygen atoms in total. The van der Waals surface area contributed by atoms with Gasteiger partial charge in [0.2, 0.25) is 0 Å². The average Bonchev–Trinajstić information content (AvgIpc) is 2.62. The first-order chi connectivity index (χ1) is 12.4. The van der Waals surface area contributed by atoms with Crippen molar-refractivity contribution < 1.29 is 17.9 Å². The van der Waals surface area contributed by atoms with Gasteiger partial charge in [-0.2, -0.15) is 0 Å². The number of nitrogens with zero attached hydrogens (tertiary/aromatic N) is 2. The standard InChI is InChI=1S/C19H24N2O4S/c1-4-25-19(22)16-10-12-18(13-11-16)26(23,24)21(15-14-20(2)3)17-8-6-5-7-9-17/h5-13H,4,14-15H2,1-3H3. The lowest BCUT2D eigenvalue weighted by Gasteiger charge is -2.26. The number of likely N-dealkylation sites (N-methyl/N-ethyl adjacent to an activating group) is 1. The minimum Gasteiger partial charge on any atom is -0.462 e. The molecule has 0 unspecified atom stereocenters. The fourth-order valence-corrected chi connectivity index (χ4v) is 3.83. The Morgan fingerprint density at radius 3 is 2.12 bits per heavy atom. The van der Waals surface area contributed by atoms with Crippen LogP contribution in [0.25, 0.3) is 0 Å². The van der Waals surface area contributed by atoms with Crippen molar-refractivity contribution in [3.63, 3.8) is 0 Å². The van der Waals surface area contributed by atoms with Crippen molar-refractivity contribution >= 4 is 21.7 Å². The number of benzene rings is 2. The molecule has 2 rings (SSSR count). The molecule has 0 saturated heterocycles. The van der Waals surface area contributed by atoms with Crippen LogP contribution in [0.1, 0.15) is 17.3 Å². The third-order valence-corrected chi connectivity index (χ3v) is 5.59. The quantitative estimate of drug-likeness (QED) is 0.663. The van der Waals surface area contributed by atoms with Gasteiger partial charge in [-0.3, -0.25) is 4.31 Å². The monoisotopic (exact) mass is 376 g/mol. The molecule has 0 aliphatic rings. The zero-order valence-corrected chi connectivity index (χ0v) is 16.1. The molecular weight excluding hydrogens is 352 g/mol. The maximum absolute atomic E-state index is 13.1. The highest BCUT2D eigenvalue weighted by atomic mass is 32.2. The Labute approximate surface area is 155 Å². The number of hydrogen-bond donors (Lipinski definition) is 0. The normalized spacial score (nSPS) is 11.4. The Morgan fingerprint density at radius 2 is 1.58 bits per heavy atom. The molecule has 0 atom stereocenters. The number of rotatable bonds is 8. The predicted molar refractivity (Wildman–Crippen MR) is 102 cm³/mol. The zero-order chi connectivity index (χ0) is 19.2. The minimum absolute atomic E-state index is 0.133. The topological polar surface area (TPSA) is 66.9 Å². The van der Waals surface area contributed by atoms with E-state index in [-0.39, 0.29) is 11.5 Å². The molecule has 7 heteroatoms. The van der Waals surface area contributed by atoms with Gasteiger partial charge in [-0.15, -0.1) is 0 Å². The van der Waals surface area contributed by atoms with Crippen molar-refractivity contribution in [2.75, 3.05) is 38.1 Å². The van der Waals surface area contributed by atoms with E-state index < -0.39 is 16.0 Å². The van der Waals surface area contributed by atoms with E-state index in [0.717, 1.165) is 0 Å². The molecule has 0 radical (unpaired) electrons. The Balaban J connectivity index is 2.35. The summed E-state index contributed by atoms with van der Waals surface area (Å²) in [6.45, 7) is 2.89. The summed E-state index contributed by atoms with van der Waals surface area (Å²) in [6.07, 6.45) is 0. The molecule has 0 aliphatic heterocycles. The number of para-hydroxylation sites is 1. The Hall–Kier alpha value is -2.38. The van der Waals surface area contributed by atoms with E-state index in [4.69, 9.17) is 4.74 Å². The van der Waals surface area contributed by atoms with Gasteiger partial charge in [0, 0.05) is 13.1 Å². The molecule has 0 aromatic heterocycles. The molecule has 0 N–H and O–H groups in total. The van der Waals surface area contributed by atoms with Crippen LogP contribution in [0, 0.1) is 0 Å². The van der Waals surface area contributed by atoms with E-state index in [0.29, 0.717) is 24.3 Å². The van der Waals surface area contributed by atoms with Crippen LogP contribution in [-0.2, 0) is 14.8 Å². The number of esters is 1. The molecule has 2 aromatic rings. The highest BCUT2D eigenvalue weighted by molar-refractivity contribution is 7.92. The fourth-order valence-electron chi connectivity index (χ4n) is 2.38. The van der Waals surface area contributed by atoms with E-state index in [1.165, 1.54) is 28.6 Å². The predicted octanol–water partition coefficient (Wildman–Crippen LogP) is 2.62. The van der Waals surface area contributed by atoms with E-state index >= 15 is 0 Å². The molecule has 0 fully saturated rings. The van der Waals surface area contributed by atoms with E-state index in [9.17, 15) is 13.2 Å². The molecule has 140 valence electrons. The highest BCUT2D eigenvalue weighted by Crippen LogP contribution is 2.23. The lowest BCUT2D eigenvalue weighted by Crippen LogP contribution is -2.36. The van der Waals surface area contributed by atoms with Gasteiger partial charge in [-0.1, -0.05) is 18.2 Å². The third kappa shape index (κ3) is 4.83. The van der Waals surface area contributed by atoms with Gasteiger partial charge in [0.15, 0.2) is 0 Å². The summed E-state index contributed by atoms with van der Waals surface area (Å²) in [5, 5.41) is 0. The van der Waals surface area contributed by atoms with Crippen molar-refractivity contribution in [3.05, 3.63) is 60.2 Å². The van der Waals surface area contributed by atoms with E-state index in [2.05, 4.69) is 0 Å². The van der Waals surface area contributed by atoms with Gasteiger partial charge >= 0.3 is 5.97 Å². The molecule has 0 amide bonds. The summed E-state index contributed by atoms with van der Waals surface area (Å²) in [6, 6.07) is 14.8. The van der Waals surface area contributed by atoms with Crippen LogP contribution in [0.3, 0.4) is 0 Å². The van der Waals surface area contributed by atoms with Crippen LogP contribution < -0.4 is 4.31 Å². The van der Waals surface area contributed by atoms with Gasteiger partial charge in [-0.25, -0.2) is 13.2 Å². The van der Waals surface area contributed by atoms with Crippen LogP contribution >= 0.6 is 0 Å². The number of anilines is 1. The SMILES string of the molecule is CCOC(=O)c1ccc(S(=O)(=O)N(CCN(C)C)c2ccccc2)cc1. The maximum Gasteiger partial charge on any atom is 0.338 e. The zero-order valence-electron chi connectivity index (χ0n) is 15.3. The van der Waals surface area contributed by atoms with Crippen molar-refractivity contribution in [2.45, 2.75) is 11.8 Å². The molecule has 0 saturated carbocycles. The summed E-state index contributed by atoms with van der Waals surface area (Å²) in [4.78, 5) is 13.8. The summed E-state index contributed by atoms with van der Waals surface area (Å²) >= 11 is 0. The fraction of sp³-hybridized carbons (Fsp3) is 0.316. The summed E-state index contributed by atoms with van der Waals surface area (Å²) in [5.74, 6) is -0.469. The molecule has 26 heavy (non-hydrogen) atoms. The van der Waals surface area contributed by atoms with Crippen LogP contribution in [0.5, 0.6) is 0 Å². The van der Waals surface area contributed by atoms with Crippen LogP contribution in [-0.4, -0.2) is 53.1 Å². The van der Waals surface area contributed by atoms with Gasteiger partial charge in [0.1, 0.15) is 0 Å². The Bertz CT molecular complexity index is 818. The van der Waals surface area contributed by atoms with Gasteiger partial charge in [-0.05, 0) is 57.4 Å². The highest BCUT2D eigenvalue weighted by Gasteiger charge is 2.25. The Kier molecular flexibility index (Phi) is 6.76. The van der Waals surface area contributed by atoms with Crippen LogP contribution in [0.15, 0.2) is 59.5 Å². The minimum atomic E-state index is -3.75. The number of carbonyl (C=O) groups is 1. The maximum atomic E-state index is 13.1. The van der Waals surface area contributed by atoms with E-state index in [1.807, 2.05) is 25.1 Å².